The fraction of sp³-hybridized carbons (Fsp3) is 0.261. The first-order valence-electron chi connectivity index (χ1n) is 9.45. The van der Waals surface area contributed by atoms with E-state index in [1.807, 2.05) is 25.1 Å². The van der Waals surface area contributed by atoms with E-state index in [-0.39, 0.29) is 0 Å². The zero-order valence-electron chi connectivity index (χ0n) is 16.0. The molecule has 3 nitrogen and oxygen atoms in total. The lowest BCUT2D eigenvalue weighted by atomic mass is 9.97. The van der Waals surface area contributed by atoms with Crippen LogP contribution in [0, 0.1) is 12.8 Å². The third-order valence-corrected chi connectivity index (χ3v) is 5.31. The number of hydrogen-bond donors (Lipinski definition) is 1. The third-order valence-electron chi connectivity index (χ3n) is 5.02. The monoisotopic (exact) mass is 377 g/mol. The van der Waals surface area contributed by atoms with E-state index in [0.29, 0.717) is 5.15 Å². The van der Waals surface area contributed by atoms with Crippen molar-refractivity contribution in [3.8, 4) is 16.8 Å². The van der Waals surface area contributed by atoms with Crippen molar-refractivity contribution < 1.29 is 0 Å². The SMILES string of the molecule is Cc1nc(Cl)c2ccccc2c1-c1ccc(-n2cc(CCC(C)C)[nH]2)cc1. The molecule has 27 heavy (non-hydrogen) atoms. The van der Waals surface area contributed by atoms with Gasteiger partial charge in [0, 0.05) is 22.8 Å². The Morgan fingerprint density at radius 1 is 1.04 bits per heavy atom. The number of aromatic nitrogens is 3. The Morgan fingerprint density at radius 2 is 1.70 bits per heavy atom. The largest absolute Gasteiger partial charge is 0.297 e. The number of hydrogen-bond acceptors (Lipinski definition) is 1. The number of fused-ring (bicyclic) bond motifs is 1. The van der Waals surface area contributed by atoms with Gasteiger partial charge in [-0.05, 0) is 48.8 Å². The van der Waals surface area contributed by atoms with Crippen LogP contribution in [-0.2, 0) is 6.42 Å². The summed E-state index contributed by atoms with van der Waals surface area (Å²) in [4.78, 5) is 4.54. The summed E-state index contributed by atoms with van der Waals surface area (Å²) in [5.74, 6) is 0.729. The summed E-state index contributed by atoms with van der Waals surface area (Å²) < 4.78 is 2.07. The number of benzene rings is 2. The molecular weight excluding hydrogens is 354 g/mol. The molecule has 0 atom stereocenters. The van der Waals surface area contributed by atoms with Crippen LogP contribution >= 0.6 is 11.6 Å². The summed E-state index contributed by atoms with van der Waals surface area (Å²) in [6, 6.07) is 16.8. The molecule has 0 aliphatic rings. The summed E-state index contributed by atoms with van der Waals surface area (Å²) in [5.41, 5.74) is 5.68. The standard InChI is InChI=1S/C23H24ClN3/c1-15(2)8-11-18-14-27(26-18)19-12-9-17(10-13-19)22-16(3)25-23(24)21-7-5-4-6-20(21)22/h4-7,9-10,12-15,26H,8,11H2,1-3H3. The van der Waals surface area contributed by atoms with Crippen molar-refractivity contribution in [3.05, 3.63) is 71.3 Å². The maximum atomic E-state index is 6.34. The van der Waals surface area contributed by atoms with Gasteiger partial charge in [0.25, 0.3) is 0 Å². The van der Waals surface area contributed by atoms with Crippen LogP contribution in [0.25, 0.3) is 27.6 Å². The van der Waals surface area contributed by atoms with Crippen LogP contribution in [-0.4, -0.2) is 14.8 Å². The highest BCUT2D eigenvalue weighted by molar-refractivity contribution is 6.34. The highest BCUT2D eigenvalue weighted by Crippen LogP contribution is 2.34. The van der Waals surface area contributed by atoms with Crippen LogP contribution in [0.2, 0.25) is 5.15 Å². The van der Waals surface area contributed by atoms with Crippen molar-refractivity contribution in [1.82, 2.24) is 14.8 Å². The minimum Gasteiger partial charge on any atom is -0.297 e. The Hall–Kier alpha value is -2.52. The van der Waals surface area contributed by atoms with Gasteiger partial charge in [0.15, 0.2) is 0 Å². The molecule has 0 radical (unpaired) electrons. The van der Waals surface area contributed by atoms with Gasteiger partial charge in [0.2, 0.25) is 0 Å². The number of nitrogens with one attached hydrogen (secondary N) is 1. The number of H-pyrrole nitrogens is 1. The van der Waals surface area contributed by atoms with Gasteiger partial charge in [0.1, 0.15) is 5.15 Å². The average Bonchev–Trinajstić information content (AvgIpc) is 2.61. The molecule has 2 heterocycles. The second-order valence-corrected chi connectivity index (χ2v) is 7.88. The van der Waals surface area contributed by atoms with Crippen LogP contribution < -0.4 is 0 Å². The van der Waals surface area contributed by atoms with Crippen LogP contribution in [0.5, 0.6) is 0 Å². The third kappa shape index (κ3) is 3.52. The Kier molecular flexibility index (Phi) is 4.79. The molecule has 138 valence electrons. The molecule has 0 unspecified atom stereocenters. The zero-order chi connectivity index (χ0) is 19.0. The van der Waals surface area contributed by atoms with E-state index in [4.69, 9.17) is 11.6 Å². The summed E-state index contributed by atoms with van der Waals surface area (Å²) in [7, 11) is 0. The molecule has 0 spiro atoms. The van der Waals surface area contributed by atoms with Gasteiger partial charge >= 0.3 is 0 Å². The predicted molar refractivity (Wildman–Crippen MR) is 114 cm³/mol. The highest BCUT2D eigenvalue weighted by atomic mass is 35.5. The molecule has 0 aliphatic heterocycles. The fourth-order valence-corrected chi connectivity index (χ4v) is 3.79. The maximum Gasteiger partial charge on any atom is 0.137 e. The van der Waals surface area contributed by atoms with Gasteiger partial charge in [-0.1, -0.05) is 61.8 Å². The molecule has 0 saturated heterocycles. The Morgan fingerprint density at radius 3 is 2.37 bits per heavy atom. The summed E-state index contributed by atoms with van der Waals surface area (Å²) in [6.07, 6.45) is 4.50. The van der Waals surface area contributed by atoms with E-state index in [1.165, 1.54) is 12.1 Å². The molecule has 2 aromatic carbocycles. The Labute approximate surface area is 165 Å². The fourth-order valence-electron chi connectivity index (χ4n) is 3.50. The lowest BCUT2D eigenvalue weighted by Gasteiger charge is -2.17. The summed E-state index contributed by atoms with van der Waals surface area (Å²) in [5, 5.41) is 6.12. The van der Waals surface area contributed by atoms with E-state index in [9.17, 15) is 0 Å². The topological polar surface area (TPSA) is 33.6 Å². The lowest BCUT2D eigenvalue weighted by Crippen LogP contribution is -2.11. The molecule has 4 rings (SSSR count). The number of rotatable bonds is 5. The van der Waals surface area contributed by atoms with Crippen LogP contribution in [0.3, 0.4) is 0 Å². The lowest BCUT2D eigenvalue weighted by molar-refractivity contribution is 0.562. The second-order valence-electron chi connectivity index (χ2n) is 7.52. The second kappa shape index (κ2) is 7.24. The minimum absolute atomic E-state index is 0.562. The molecule has 0 aliphatic carbocycles. The Bertz CT molecular complexity index is 1060. The van der Waals surface area contributed by atoms with Gasteiger partial charge in [-0.25, -0.2) is 4.98 Å². The van der Waals surface area contributed by atoms with Gasteiger partial charge < -0.3 is 0 Å². The van der Waals surface area contributed by atoms with Crippen LogP contribution in [0.15, 0.2) is 54.7 Å². The van der Waals surface area contributed by atoms with E-state index < -0.39 is 0 Å². The number of halogens is 1. The first-order valence-corrected chi connectivity index (χ1v) is 9.82. The van der Waals surface area contributed by atoms with Gasteiger partial charge in [-0.15, -0.1) is 0 Å². The molecule has 0 amide bonds. The number of nitrogens with zero attached hydrogens (tertiary/aromatic N) is 2. The van der Waals surface area contributed by atoms with Crippen molar-refractivity contribution in [2.45, 2.75) is 33.6 Å². The smallest absolute Gasteiger partial charge is 0.137 e. The van der Waals surface area contributed by atoms with Crippen molar-refractivity contribution in [3.63, 3.8) is 0 Å². The molecule has 0 fully saturated rings. The highest BCUT2D eigenvalue weighted by Gasteiger charge is 2.12. The van der Waals surface area contributed by atoms with E-state index in [2.05, 4.69) is 65.1 Å². The van der Waals surface area contributed by atoms with E-state index in [1.54, 1.807) is 0 Å². The van der Waals surface area contributed by atoms with Crippen molar-refractivity contribution in [2.24, 2.45) is 5.92 Å². The quantitative estimate of drug-likeness (QED) is 0.392. The molecule has 0 saturated carbocycles. The number of pyridine rings is 1. The molecule has 4 aromatic rings. The van der Waals surface area contributed by atoms with Gasteiger partial charge in [0.05, 0.1) is 11.4 Å². The first-order chi connectivity index (χ1) is 13.0. The van der Waals surface area contributed by atoms with Crippen LogP contribution in [0.4, 0.5) is 0 Å². The maximum absolute atomic E-state index is 6.34. The van der Waals surface area contributed by atoms with Crippen LogP contribution in [0.1, 0.15) is 31.7 Å². The predicted octanol–water partition coefficient (Wildman–Crippen LogP) is 6.57. The number of aryl methyl sites for hydroxylation is 2. The minimum atomic E-state index is 0.562. The zero-order valence-corrected chi connectivity index (χ0v) is 16.7. The molecule has 1 N–H and O–H groups in total. The Balaban J connectivity index is 1.64. The molecule has 2 aromatic heterocycles. The molecular formula is C23H24ClN3. The normalized spacial score (nSPS) is 11.6. The summed E-state index contributed by atoms with van der Waals surface area (Å²) in [6.45, 7) is 6.53. The van der Waals surface area contributed by atoms with Crippen molar-refractivity contribution in [1.29, 1.82) is 0 Å². The molecule has 0 bridgehead atoms. The number of aromatic amines is 1. The van der Waals surface area contributed by atoms with Crippen molar-refractivity contribution in [2.75, 3.05) is 0 Å². The molecule has 4 heteroatoms. The van der Waals surface area contributed by atoms with E-state index >= 15 is 0 Å². The van der Waals surface area contributed by atoms with E-state index in [0.717, 1.165) is 45.6 Å². The average molecular weight is 378 g/mol. The van der Waals surface area contributed by atoms with Gasteiger partial charge in [-0.3, -0.25) is 9.78 Å². The van der Waals surface area contributed by atoms with Gasteiger partial charge in [-0.2, -0.15) is 0 Å². The summed E-state index contributed by atoms with van der Waals surface area (Å²) >= 11 is 6.34. The first kappa shape index (κ1) is 17.9. The van der Waals surface area contributed by atoms with Crippen molar-refractivity contribution >= 4 is 22.4 Å².